The zero-order valence-electron chi connectivity index (χ0n) is 34.6. The summed E-state index contributed by atoms with van der Waals surface area (Å²) in [5.41, 5.74) is 4.40. The lowest BCUT2D eigenvalue weighted by Gasteiger charge is -2.27. The van der Waals surface area contributed by atoms with Crippen molar-refractivity contribution in [3.8, 4) is 11.8 Å². The van der Waals surface area contributed by atoms with Crippen molar-refractivity contribution in [1.82, 2.24) is 23.7 Å². The molecule has 1 aromatic heterocycles. The number of ether oxygens (including phenoxy) is 1. The molecule has 332 valence electrons. The Hall–Kier alpha value is -4.13. The average Bonchev–Trinajstić information content (AvgIpc) is 3.23. The highest BCUT2D eigenvalue weighted by Crippen LogP contribution is 2.34. The first-order valence-corrected chi connectivity index (χ1v) is 23.8. The van der Waals surface area contributed by atoms with Crippen LogP contribution in [-0.2, 0) is 20.5 Å². The van der Waals surface area contributed by atoms with E-state index in [2.05, 4.69) is 45.9 Å². The number of imide groups is 1. The second kappa shape index (κ2) is 22.0. The van der Waals surface area contributed by atoms with Crippen LogP contribution in [0.2, 0.25) is 0 Å². The van der Waals surface area contributed by atoms with E-state index in [0.717, 1.165) is 66.2 Å². The van der Waals surface area contributed by atoms with E-state index >= 15 is 4.39 Å². The molecule has 3 fully saturated rings. The van der Waals surface area contributed by atoms with Gasteiger partial charge < -0.3 is 26.2 Å². The van der Waals surface area contributed by atoms with Gasteiger partial charge in [0.2, 0.25) is 17.8 Å². The zero-order chi connectivity index (χ0) is 44.3. The minimum atomic E-state index is -4.79. The number of aromatic nitrogens is 2. The number of halogens is 5. The highest BCUT2D eigenvalue weighted by atomic mass is 127. The van der Waals surface area contributed by atoms with Gasteiger partial charge in [-0.25, -0.2) is 14.4 Å². The number of allylic oxidation sites excluding steroid dienone is 1. The molecule has 6 rings (SSSR count). The first-order chi connectivity index (χ1) is 29.6. The summed E-state index contributed by atoms with van der Waals surface area (Å²) in [6.07, 6.45) is 5.54. The number of hydrogen-bond donors (Lipinski definition) is 5. The summed E-state index contributed by atoms with van der Waals surface area (Å²) in [5, 5.41) is 18.6. The summed E-state index contributed by atoms with van der Waals surface area (Å²) in [6.45, 7) is 5.42. The zero-order valence-corrected chi connectivity index (χ0v) is 37.6. The van der Waals surface area contributed by atoms with E-state index < -0.39 is 28.9 Å². The number of aliphatic hydroxyl groups is 1. The lowest BCUT2D eigenvalue weighted by atomic mass is 9.90. The number of piperidine rings is 2. The predicted molar refractivity (Wildman–Crippen MR) is 227 cm³/mol. The topological polar surface area (TPSA) is 167 Å². The number of anilines is 2. The molecule has 3 aromatic rings. The lowest BCUT2D eigenvalue weighted by molar-refractivity contribution is -0.833. The number of nitrogens with one attached hydrogen (secondary N) is 3. The van der Waals surface area contributed by atoms with Gasteiger partial charge in [0.25, 0.3) is 0 Å². The van der Waals surface area contributed by atoms with Crippen LogP contribution in [0, 0.1) is 17.7 Å². The second-order valence-electron chi connectivity index (χ2n) is 16.0. The summed E-state index contributed by atoms with van der Waals surface area (Å²) in [7, 11) is 0. The molecule has 1 atom stereocenters. The van der Waals surface area contributed by atoms with Gasteiger partial charge in [-0.15, -0.1) is 11.8 Å². The number of thioether (sulfide) groups is 1. The normalized spacial score (nSPS) is 20.8. The van der Waals surface area contributed by atoms with Gasteiger partial charge in [-0.2, -0.15) is 13.2 Å². The molecule has 0 bridgehead atoms. The number of carbonyl (C=O) groups is 2. The van der Waals surface area contributed by atoms with Crippen molar-refractivity contribution in [2.45, 2.75) is 104 Å². The summed E-state index contributed by atoms with van der Waals surface area (Å²) in [6, 6.07) is 12.6. The molecular formula is C44H52F4IN8O4S+. The average molecular weight is 992 g/mol. The van der Waals surface area contributed by atoms with Crippen LogP contribution >= 0.6 is 11.8 Å². The van der Waals surface area contributed by atoms with Crippen molar-refractivity contribution in [1.29, 1.82) is 0 Å². The predicted octanol–water partition coefficient (Wildman–Crippen LogP) is 3.53. The quantitative estimate of drug-likeness (QED) is 0.0174. The Bertz CT molecular complexity index is 2140. The van der Waals surface area contributed by atoms with Crippen LogP contribution in [0.15, 0.2) is 64.7 Å². The van der Waals surface area contributed by atoms with Crippen LogP contribution in [-0.4, -0.2) is 90.0 Å². The molecule has 6 N–H and O–H groups in total. The van der Waals surface area contributed by atoms with Crippen molar-refractivity contribution < 1.29 is 58.5 Å². The van der Waals surface area contributed by atoms with Gasteiger partial charge in [0, 0.05) is 66.1 Å². The number of rotatable bonds is 15. The van der Waals surface area contributed by atoms with Gasteiger partial charge >= 0.3 is 27.7 Å². The molecule has 1 unspecified atom stereocenters. The molecule has 62 heavy (non-hydrogen) atoms. The number of alkyl halides is 4. The Labute approximate surface area is 374 Å². The lowest BCUT2D eigenvalue weighted by Crippen LogP contribution is -3.70. The van der Waals surface area contributed by atoms with Gasteiger partial charge in [-0.3, -0.25) is 19.9 Å². The van der Waals surface area contributed by atoms with Gasteiger partial charge in [-0.1, -0.05) is 27.1 Å². The second-order valence-corrected chi connectivity index (χ2v) is 20.7. The largest absolute Gasteiger partial charge is 0.419 e. The van der Waals surface area contributed by atoms with Crippen molar-refractivity contribution >= 4 is 47.0 Å². The van der Waals surface area contributed by atoms with Crippen LogP contribution < -0.4 is 43.2 Å². The summed E-state index contributed by atoms with van der Waals surface area (Å²) in [5.74, 6) is 5.26. The number of nitrogens with two attached hydrogens (primary N) is 1. The van der Waals surface area contributed by atoms with Crippen LogP contribution in [0.25, 0.3) is 5.57 Å². The third-order valence-electron chi connectivity index (χ3n) is 10.5. The number of amides is 2. The Morgan fingerprint density at radius 2 is 1.84 bits per heavy atom. The highest BCUT2D eigenvalue weighted by Gasteiger charge is 2.38. The van der Waals surface area contributed by atoms with Crippen molar-refractivity contribution in [2.24, 2.45) is 10.7 Å². The molecule has 2 saturated heterocycles. The van der Waals surface area contributed by atoms with Crippen molar-refractivity contribution in [3.05, 3.63) is 83.1 Å². The van der Waals surface area contributed by atoms with Crippen LogP contribution in [0.4, 0.5) is 29.2 Å². The Morgan fingerprint density at radius 3 is 2.50 bits per heavy atom. The maximum Gasteiger partial charge on any atom is 0.419 e. The molecule has 1 saturated carbocycles. The first kappa shape index (κ1) is 47.4. The molecule has 0 radical (unpaired) electrons. The fourth-order valence-electron chi connectivity index (χ4n) is 7.22. The van der Waals surface area contributed by atoms with Crippen molar-refractivity contribution in [3.63, 3.8) is 0 Å². The fraction of sp³-hybridized carbons (Fsp3) is 0.477. The number of hydrogen-bond acceptors (Lipinski definition) is 12. The maximum atomic E-state index is 15.2. The van der Waals surface area contributed by atoms with Gasteiger partial charge in [0.1, 0.15) is 18.0 Å². The number of carbonyl (C=O) groups excluding carboxylic acids is 2. The maximum absolute atomic E-state index is 15.2. The third kappa shape index (κ3) is 14.2. The van der Waals surface area contributed by atoms with E-state index in [1.165, 1.54) is 50.6 Å². The van der Waals surface area contributed by atoms with Gasteiger partial charge in [0.15, 0.2) is 3.92 Å². The van der Waals surface area contributed by atoms with E-state index in [4.69, 9.17) is 10.5 Å². The monoisotopic (exact) mass is 991 g/mol. The summed E-state index contributed by atoms with van der Waals surface area (Å²) >= 11 is 1.41. The van der Waals surface area contributed by atoms with E-state index in [1.807, 2.05) is 24.3 Å². The molecule has 1 aliphatic carbocycles. The minimum absolute atomic E-state index is 0.000703. The molecule has 3 aliphatic rings. The molecule has 3 heterocycles. The Morgan fingerprint density at radius 1 is 1.10 bits per heavy atom. The molecule has 2 aliphatic heterocycles. The molecule has 2 amide bonds. The van der Waals surface area contributed by atoms with E-state index in [1.54, 1.807) is 6.07 Å². The summed E-state index contributed by atoms with van der Waals surface area (Å²) in [4.78, 5) is 36.1. The molecular weight excluding hydrogens is 939 g/mol. The first-order valence-electron chi connectivity index (χ1n) is 20.6. The van der Waals surface area contributed by atoms with Crippen LogP contribution in [0.1, 0.15) is 93.5 Å². The van der Waals surface area contributed by atoms with E-state index in [-0.39, 0.29) is 69.1 Å². The number of nitrogens with zero attached hydrogens (tertiary/aromatic N) is 4. The molecule has 12 nitrogen and oxygen atoms in total. The number of benzene rings is 2. The Balaban J connectivity index is 0.875. The molecule has 2 aromatic carbocycles. The minimum Gasteiger partial charge on any atom is -0.404 e. The van der Waals surface area contributed by atoms with E-state index in [9.17, 15) is 27.9 Å². The number of aliphatic imine (C=N–C) groups is 1. The van der Waals surface area contributed by atoms with Crippen LogP contribution in [0.5, 0.6) is 0 Å². The Kier molecular flexibility index (Phi) is 16.8. The standard InChI is InChI=1S/C44H51F4IN8O4S/c1-43(2,60)26-51-24-30(23-50)40-36(44(46,47)48)25-52-42(56-40)54-38-15-13-34(22-37(38)45)62-27-53-32-11-9-31(10-12-32)49-57-19-17-33(18-20-57)61-21-3-4-28-5-7-29(8-6-28)35-14-16-39(58)55-41(35)59/h5-8,13,15,22-25,31-33,35,53,60H,9-12,14,16-21,26-27H2,1-2H3,(H3-,50,51,52,54,55,56,58,59)/p+1. The SMILES string of the molecule is CC(C)(O)CN=C/C(=C\N)c1nc(Nc2ccc(SCNC3CCC([I+]N4CCC(OCC#Cc5ccc(C6CCC(=O)NC6=O)cc5)CC4)CC3)cc2F)ncc1C(F)(F)F. The third-order valence-corrected chi connectivity index (χ3v) is 15.2. The molecule has 18 heteroatoms. The van der Waals surface area contributed by atoms with Gasteiger partial charge in [0.05, 0.1) is 35.5 Å². The smallest absolute Gasteiger partial charge is 0.404 e. The molecule has 0 spiro atoms. The van der Waals surface area contributed by atoms with Crippen molar-refractivity contribution in [2.75, 3.05) is 37.4 Å². The van der Waals surface area contributed by atoms with Crippen LogP contribution in [0.3, 0.4) is 0 Å². The summed E-state index contributed by atoms with van der Waals surface area (Å²) < 4.78 is 66.2. The van der Waals surface area contributed by atoms with Gasteiger partial charge in [-0.05, 0) is 94.7 Å². The fourth-order valence-corrected chi connectivity index (χ4v) is 11.6. The highest BCUT2D eigenvalue weighted by molar-refractivity contribution is 7.99. The van der Waals surface area contributed by atoms with E-state index in [0.29, 0.717) is 42.5 Å².